The van der Waals surface area contributed by atoms with Gasteiger partial charge in [-0.2, -0.15) is 0 Å². The average Bonchev–Trinajstić information content (AvgIpc) is 2.71. The molecule has 0 radical (unpaired) electrons. The molecular formula is C22H37FN2O2S. The van der Waals surface area contributed by atoms with E-state index < -0.39 is 11.1 Å². The summed E-state index contributed by atoms with van der Waals surface area (Å²) >= 11 is -2.07. The Kier molecular flexibility index (Phi) is 9.38. The summed E-state index contributed by atoms with van der Waals surface area (Å²) in [6.07, 6.45) is 4.73. The van der Waals surface area contributed by atoms with Crippen LogP contribution in [0.1, 0.15) is 53.4 Å². The van der Waals surface area contributed by atoms with E-state index in [0.29, 0.717) is 11.6 Å². The topological polar surface area (TPSA) is 43.8 Å². The number of hydrogen-bond donors (Lipinski definition) is 1. The number of piperidine rings is 2. The lowest BCUT2D eigenvalue weighted by molar-refractivity contribution is 0.132. The largest absolute Gasteiger partial charge is 0.369 e. The predicted molar refractivity (Wildman–Crippen MR) is 116 cm³/mol. The molecule has 0 amide bonds. The lowest BCUT2D eigenvalue weighted by atomic mass is 9.86. The molecule has 2 aliphatic heterocycles. The van der Waals surface area contributed by atoms with Gasteiger partial charge >= 0.3 is 0 Å². The molecular weight excluding hydrogens is 375 g/mol. The smallest absolute Gasteiger partial charge is 0.186 e. The van der Waals surface area contributed by atoms with Crippen LogP contribution in [0.25, 0.3) is 0 Å². The zero-order valence-electron chi connectivity index (χ0n) is 17.9. The molecule has 0 aliphatic carbocycles. The van der Waals surface area contributed by atoms with E-state index in [9.17, 15) is 13.2 Å². The monoisotopic (exact) mass is 412 g/mol. The summed E-state index contributed by atoms with van der Waals surface area (Å²) in [5.41, 5.74) is 0.459. The molecule has 1 aromatic rings. The van der Waals surface area contributed by atoms with Gasteiger partial charge in [0, 0.05) is 19.6 Å². The molecule has 0 bridgehead atoms. The van der Waals surface area contributed by atoms with Gasteiger partial charge in [-0.25, -0.2) is 8.60 Å². The summed E-state index contributed by atoms with van der Waals surface area (Å²) in [6, 6.07) is 4.19. The van der Waals surface area contributed by atoms with Gasteiger partial charge in [0.25, 0.3) is 0 Å². The molecule has 1 atom stereocenters. The second kappa shape index (κ2) is 11.3. The normalized spacial score (nSPS) is 20.8. The van der Waals surface area contributed by atoms with Gasteiger partial charge in [-0.15, -0.1) is 0 Å². The van der Waals surface area contributed by atoms with Crippen LogP contribution in [0.4, 0.5) is 10.1 Å². The minimum absolute atomic E-state index is 0.261. The maximum Gasteiger partial charge on any atom is 0.186 e. The molecule has 2 fully saturated rings. The molecule has 160 valence electrons. The van der Waals surface area contributed by atoms with Gasteiger partial charge < -0.3 is 14.4 Å². The molecule has 6 heteroatoms. The fraction of sp³-hybridized carbons (Fsp3) is 0.727. The van der Waals surface area contributed by atoms with Crippen molar-refractivity contribution in [3.63, 3.8) is 0 Å². The van der Waals surface area contributed by atoms with Crippen molar-refractivity contribution in [2.45, 2.75) is 58.3 Å². The number of nitrogens with zero attached hydrogens (tertiary/aromatic N) is 2. The quantitative estimate of drug-likeness (QED) is 0.690. The Morgan fingerprint density at radius 1 is 1.11 bits per heavy atom. The van der Waals surface area contributed by atoms with Crippen molar-refractivity contribution >= 4 is 16.8 Å². The average molecular weight is 413 g/mol. The second-order valence-corrected chi connectivity index (χ2v) is 9.14. The van der Waals surface area contributed by atoms with E-state index >= 15 is 0 Å². The first-order valence-corrected chi connectivity index (χ1v) is 11.9. The summed E-state index contributed by atoms with van der Waals surface area (Å²) in [6.45, 7) is 13.9. The molecule has 2 aliphatic rings. The SMILES string of the molecule is CC.CC(C)C1CCN(CC2CCN(c3cc(S(=O)O)ccc3F)CC2)CC1. The first kappa shape index (κ1) is 23.3. The number of likely N-dealkylation sites (tertiary alicyclic amines) is 1. The van der Waals surface area contributed by atoms with E-state index in [0.717, 1.165) is 44.3 Å². The number of rotatable bonds is 5. The highest BCUT2D eigenvalue weighted by atomic mass is 32.2. The van der Waals surface area contributed by atoms with Crippen LogP contribution in [0.2, 0.25) is 0 Å². The zero-order chi connectivity index (χ0) is 20.7. The van der Waals surface area contributed by atoms with E-state index in [1.807, 2.05) is 18.7 Å². The summed E-state index contributed by atoms with van der Waals surface area (Å²) in [7, 11) is 0. The second-order valence-electron chi connectivity index (χ2n) is 8.17. The fourth-order valence-corrected chi connectivity index (χ4v) is 4.76. The van der Waals surface area contributed by atoms with Crippen LogP contribution in [0.15, 0.2) is 23.1 Å². The Morgan fingerprint density at radius 3 is 2.25 bits per heavy atom. The summed E-state index contributed by atoms with van der Waals surface area (Å²) in [4.78, 5) is 4.89. The van der Waals surface area contributed by atoms with Crippen LogP contribution >= 0.6 is 0 Å². The lowest BCUT2D eigenvalue weighted by Gasteiger charge is -2.39. The Labute approximate surface area is 172 Å². The third kappa shape index (κ3) is 6.26. The minimum atomic E-state index is -2.07. The van der Waals surface area contributed by atoms with Crippen molar-refractivity contribution in [3.05, 3.63) is 24.0 Å². The Hall–Kier alpha value is -0.980. The summed E-state index contributed by atoms with van der Waals surface area (Å²) < 4.78 is 34.6. The van der Waals surface area contributed by atoms with Gasteiger partial charge in [0.15, 0.2) is 11.1 Å². The molecule has 4 nitrogen and oxygen atoms in total. The van der Waals surface area contributed by atoms with Crippen molar-refractivity contribution in [2.24, 2.45) is 17.8 Å². The minimum Gasteiger partial charge on any atom is -0.369 e. The third-order valence-corrected chi connectivity index (χ3v) is 6.82. The number of anilines is 1. The maximum atomic E-state index is 14.2. The predicted octanol–water partition coefficient (Wildman–Crippen LogP) is 5.02. The van der Waals surface area contributed by atoms with Gasteiger partial charge in [0.1, 0.15) is 5.82 Å². The first-order chi connectivity index (χ1) is 13.4. The van der Waals surface area contributed by atoms with Crippen LogP contribution < -0.4 is 4.90 Å². The van der Waals surface area contributed by atoms with E-state index in [4.69, 9.17) is 0 Å². The number of halogens is 1. The Bertz CT molecular complexity index is 625. The van der Waals surface area contributed by atoms with Crippen LogP contribution in [-0.4, -0.2) is 46.4 Å². The van der Waals surface area contributed by atoms with Gasteiger partial charge in [-0.3, -0.25) is 0 Å². The molecule has 2 heterocycles. The Morgan fingerprint density at radius 2 is 1.71 bits per heavy atom. The van der Waals surface area contributed by atoms with Crippen LogP contribution in [-0.2, 0) is 11.1 Å². The molecule has 3 rings (SSSR count). The van der Waals surface area contributed by atoms with Crippen molar-refractivity contribution in [2.75, 3.05) is 37.6 Å². The van der Waals surface area contributed by atoms with Crippen LogP contribution in [0.3, 0.4) is 0 Å². The molecule has 0 saturated carbocycles. The van der Waals surface area contributed by atoms with E-state index in [1.165, 1.54) is 44.1 Å². The lowest BCUT2D eigenvalue weighted by Crippen LogP contribution is -2.42. The van der Waals surface area contributed by atoms with E-state index in [1.54, 1.807) is 0 Å². The van der Waals surface area contributed by atoms with Crippen molar-refractivity contribution < 1.29 is 13.2 Å². The molecule has 2 saturated heterocycles. The van der Waals surface area contributed by atoms with Crippen molar-refractivity contribution in [3.8, 4) is 0 Å². The highest BCUT2D eigenvalue weighted by Gasteiger charge is 2.26. The number of benzene rings is 1. The highest BCUT2D eigenvalue weighted by Crippen LogP contribution is 2.29. The zero-order valence-corrected chi connectivity index (χ0v) is 18.7. The summed E-state index contributed by atoms with van der Waals surface area (Å²) in [5, 5.41) is 0. The molecule has 1 unspecified atom stereocenters. The van der Waals surface area contributed by atoms with E-state index in [2.05, 4.69) is 18.7 Å². The van der Waals surface area contributed by atoms with Crippen molar-refractivity contribution in [1.29, 1.82) is 0 Å². The van der Waals surface area contributed by atoms with Gasteiger partial charge in [0.2, 0.25) is 0 Å². The van der Waals surface area contributed by atoms with E-state index in [-0.39, 0.29) is 10.7 Å². The van der Waals surface area contributed by atoms with Crippen molar-refractivity contribution in [1.82, 2.24) is 4.90 Å². The molecule has 1 N–H and O–H groups in total. The molecule has 1 aromatic carbocycles. The van der Waals surface area contributed by atoms with Crippen LogP contribution in [0, 0.1) is 23.6 Å². The highest BCUT2D eigenvalue weighted by molar-refractivity contribution is 7.79. The maximum absolute atomic E-state index is 14.2. The molecule has 28 heavy (non-hydrogen) atoms. The first-order valence-electron chi connectivity index (χ1n) is 10.8. The van der Waals surface area contributed by atoms with Crippen LogP contribution in [0.5, 0.6) is 0 Å². The van der Waals surface area contributed by atoms with Gasteiger partial charge in [-0.05, 0) is 74.7 Å². The van der Waals surface area contributed by atoms with Gasteiger partial charge in [0.05, 0.1) is 10.6 Å². The standard InChI is InChI=1S/C20H31FN2O2S.C2H6/c1-15(2)17-7-9-22(10-8-17)14-16-5-11-23(12-6-16)20-13-18(26(24)25)3-4-19(20)21;1-2/h3-4,13,15-17H,5-12,14H2,1-2H3,(H,24,25);1-2H3. The third-order valence-electron chi connectivity index (χ3n) is 6.17. The molecule has 0 spiro atoms. The Balaban J connectivity index is 0.00000136. The summed E-state index contributed by atoms with van der Waals surface area (Å²) in [5.74, 6) is 2.02. The fourth-order valence-electron chi connectivity index (χ4n) is 4.37. The van der Waals surface area contributed by atoms with Gasteiger partial charge in [-0.1, -0.05) is 27.7 Å². The molecule has 0 aromatic heterocycles. The number of hydrogen-bond acceptors (Lipinski definition) is 3.